The van der Waals surface area contributed by atoms with Crippen LogP contribution in [0.4, 0.5) is 11.4 Å². The van der Waals surface area contributed by atoms with Crippen molar-refractivity contribution in [3.8, 4) is 5.75 Å². The van der Waals surface area contributed by atoms with Gasteiger partial charge in [-0.1, -0.05) is 39.0 Å². The van der Waals surface area contributed by atoms with E-state index in [-0.39, 0.29) is 5.41 Å². The predicted octanol–water partition coefficient (Wildman–Crippen LogP) is 5.08. The largest absolute Gasteiger partial charge is 0.493 e. The Morgan fingerprint density at radius 2 is 1.73 bits per heavy atom. The second-order valence-electron chi connectivity index (χ2n) is 6.74. The summed E-state index contributed by atoms with van der Waals surface area (Å²) in [7, 11) is 2.11. The number of fused-ring (bicyclic) bond motifs is 1. The molecule has 2 aromatic rings. The lowest BCUT2D eigenvalue weighted by atomic mass is 9.80. The summed E-state index contributed by atoms with van der Waals surface area (Å²) in [4.78, 5) is 2.21. The minimum absolute atomic E-state index is 0.202. The van der Waals surface area contributed by atoms with Gasteiger partial charge in [0.25, 0.3) is 0 Å². The summed E-state index contributed by atoms with van der Waals surface area (Å²) in [6.45, 7) is 7.57. The average molecular weight is 295 g/mol. The zero-order valence-electron chi connectivity index (χ0n) is 14.0. The zero-order valence-corrected chi connectivity index (χ0v) is 14.0. The molecule has 0 radical (unpaired) electrons. The molecule has 0 spiro atoms. The molecule has 1 aliphatic heterocycles. The molecule has 2 nitrogen and oxygen atoms in total. The van der Waals surface area contributed by atoms with Crippen LogP contribution >= 0.6 is 0 Å². The lowest BCUT2D eigenvalue weighted by Gasteiger charge is -2.33. The topological polar surface area (TPSA) is 12.5 Å². The van der Waals surface area contributed by atoms with Crippen molar-refractivity contribution >= 4 is 11.4 Å². The number of anilines is 2. The van der Waals surface area contributed by atoms with E-state index in [0.717, 1.165) is 25.2 Å². The van der Waals surface area contributed by atoms with Gasteiger partial charge in [-0.2, -0.15) is 0 Å². The first kappa shape index (κ1) is 15.0. The van der Waals surface area contributed by atoms with Gasteiger partial charge >= 0.3 is 0 Å². The number of rotatable bonds is 3. The molecule has 0 saturated heterocycles. The van der Waals surface area contributed by atoms with E-state index in [1.165, 1.54) is 22.5 Å². The first-order chi connectivity index (χ1) is 10.5. The molecular formula is C20H25NO. The molecule has 2 aromatic carbocycles. The van der Waals surface area contributed by atoms with Crippen molar-refractivity contribution in [1.82, 2.24) is 0 Å². The van der Waals surface area contributed by atoms with Crippen molar-refractivity contribution in [3.05, 3.63) is 53.6 Å². The first-order valence-corrected chi connectivity index (χ1v) is 8.11. The van der Waals surface area contributed by atoms with Gasteiger partial charge in [-0.3, -0.25) is 0 Å². The summed E-state index contributed by atoms with van der Waals surface area (Å²) in [6.07, 6.45) is 2.15. The van der Waals surface area contributed by atoms with Gasteiger partial charge in [0, 0.05) is 30.1 Å². The highest BCUT2D eigenvalue weighted by atomic mass is 16.5. The fraction of sp³-hybridized carbons (Fsp3) is 0.400. The van der Waals surface area contributed by atoms with E-state index in [1.807, 2.05) is 0 Å². The monoisotopic (exact) mass is 295 g/mol. The second-order valence-corrected chi connectivity index (χ2v) is 6.74. The molecule has 2 heteroatoms. The molecule has 116 valence electrons. The van der Waals surface area contributed by atoms with Gasteiger partial charge in [0.15, 0.2) is 0 Å². The van der Waals surface area contributed by atoms with Crippen LogP contribution in [-0.2, 0) is 11.8 Å². The normalized spacial score (nSPS) is 15.8. The Morgan fingerprint density at radius 1 is 1.05 bits per heavy atom. The summed E-state index contributed by atoms with van der Waals surface area (Å²) < 4.78 is 5.90. The van der Waals surface area contributed by atoms with Gasteiger partial charge in [0.05, 0.1) is 6.61 Å². The number of benzene rings is 2. The van der Waals surface area contributed by atoms with Gasteiger partial charge < -0.3 is 9.64 Å². The van der Waals surface area contributed by atoms with E-state index in [1.54, 1.807) is 0 Å². The SMILES string of the molecule is CCc1ccc(N(C)c2ccc3c(c2)OCCC3(C)C)cc1. The van der Waals surface area contributed by atoms with Crippen LogP contribution in [0.5, 0.6) is 5.75 Å². The summed E-state index contributed by atoms with van der Waals surface area (Å²) in [5, 5.41) is 0. The standard InChI is InChI=1S/C20H25NO/c1-5-15-6-8-16(9-7-15)21(4)17-10-11-18-19(14-17)22-13-12-20(18,2)3/h6-11,14H,5,12-13H2,1-4H3. The molecule has 1 heterocycles. The highest BCUT2D eigenvalue weighted by Gasteiger charge is 2.28. The Hall–Kier alpha value is -1.96. The number of hydrogen-bond acceptors (Lipinski definition) is 2. The van der Waals surface area contributed by atoms with Crippen LogP contribution in [0.2, 0.25) is 0 Å². The van der Waals surface area contributed by atoms with Crippen molar-refractivity contribution in [2.45, 2.75) is 39.0 Å². The van der Waals surface area contributed by atoms with Crippen molar-refractivity contribution in [3.63, 3.8) is 0 Å². The Bertz CT molecular complexity index is 658. The summed E-state index contributed by atoms with van der Waals surface area (Å²) in [5.41, 5.74) is 5.26. The maximum atomic E-state index is 5.90. The third kappa shape index (κ3) is 2.70. The summed E-state index contributed by atoms with van der Waals surface area (Å²) in [5.74, 6) is 1.03. The molecule has 0 atom stereocenters. The lowest BCUT2D eigenvalue weighted by Crippen LogP contribution is -2.26. The molecule has 22 heavy (non-hydrogen) atoms. The number of aryl methyl sites for hydroxylation is 1. The Kier molecular flexibility index (Phi) is 3.86. The van der Waals surface area contributed by atoms with Crippen LogP contribution in [0.25, 0.3) is 0 Å². The van der Waals surface area contributed by atoms with E-state index < -0.39 is 0 Å². The van der Waals surface area contributed by atoms with Crippen LogP contribution in [0.3, 0.4) is 0 Å². The van der Waals surface area contributed by atoms with Crippen LogP contribution in [0, 0.1) is 0 Å². The maximum Gasteiger partial charge on any atom is 0.125 e. The smallest absolute Gasteiger partial charge is 0.125 e. The molecule has 0 fully saturated rings. The molecule has 0 saturated carbocycles. The van der Waals surface area contributed by atoms with E-state index in [9.17, 15) is 0 Å². The van der Waals surface area contributed by atoms with Crippen molar-refractivity contribution < 1.29 is 4.74 Å². The Balaban J connectivity index is 1.91. The molecule has 0 aliphatic carbocycles. The fourth-order valence-corrected chi connectivity index (χ4v) is 3.05. The highest BCUT2D eigenvalue weighted by Crippen LogP contribution is 2.40. The van der Waals surface area contributed by atoms with Gasteiger partial charge in [-0.05, 0) is 42.0 Å². The van der Waals surface area contributed by atoms with Crippen molar-refractivity contribution in [1.29, 1.82) is 0 Å². The van der Waals surface area contributed by atoms with Gasteiger partial charge in [0.2, 0.25) is 0 Å². The first-order valence-electron chi connectivity index (χ1n) is 8.11. The van der Waals surface area contributed by atoms with Gasteiger partial charge in [0.1, 0.15) is 5.75 Å². The minimum Gasteiger partial charge on any atom is -0.493 e. The van der Waals surface area contributed by atoms with Crippen molar-refractivity contribution in [2.24, 2.45) is 0 Å². The minimum atomic E-state index is 0.202. The number of hydrogen-bond donors (Lipinski definition) is 0. The molecule has 0 N–H and O–H groups in total. The van der Waals surface area contributed by atoms with Gasteiger partial charge in [-0.15, -0.1) is 0 Å². The van der Waals surface area contributed by atoms with E-state index in [2.05, 4.69) is 75.2 Å². The van der Waals surface area contributed by atoms with E-state index >= 15 is 0 Å². The van der Waals surface area contributed by atoms with Gasteiger partial charge in [-0.25, -0.2) is 0 Å². The molecule has 0 amide bonds. The van der Waals surface area contributed by atoms with E-state index in [0.29, 0.717) is 0 Å². The van der Waals surface area contributed by atoms with Crippen LogP contribution in [-0.4, -0.2) is 13.7 Å². The third-order valence-corrected chi connectivity index (χ3v) is 4.80. The zero-order chi connectivity index (χ0) is 15.7. The molecule has 0 bridgehead atoms. The number of ether oxygens (including phenoxy) is 1. The van der Waals surface area contributed by atoms with Crippen molar-refractivity contribution in [2.75, 3.05) is 18.6 Å². The molecule has 3 rings (SSSR count). The third-order valence-electron chi connectivity index (χ3n) is 4.80. The Morgan fingerprint density at radius 3 is 2.41 bits per heavy atom. The summed E-state index contributed by atoms with van der Waals surface area (Å²) >= 11 is 0. The second kappa shape index (κ2) is 5.68. The lowest BCUT2D eigenvalue weighted by molar-refractivity contribution is 0.234. The highest BCUT2D eigenvalue weighted by molar-refractivity contribution is 5.65. The average Bonchev–Trinajstić information content (AvgIpc) is 2.53. The van der Waals surface area contributed by atoms with Crippen LogP contribution in [0.1, 0.15) is 38.3 Å². The quantitative estimate of drug-likeness (QED) is 0.783. The van der Waals surface area contributed by atoms with Crippen LogP contribution < -0.4 is 9.64 Å². The fourth-order valence-electron chi connectivity index (χ4n) is 3.05. The predicted molar refractivity (Wildman–Crippen MR) is 93.5 cm³/mol. The Labute approximate surface area is 133 Å². The summed E-state index contributed by atoms with van der Waals surface area (Å²) in [6, 6.07) is 15.4. The maximum absolute atomic E-state index is 5.90. The van der Waals surface area contributed by atoms with Crippen LogP contribution in [0.15, 0.2) is 42.5 Å². The number of nitrogens with zero attached hydrogens (tertiary/aromatic N) is 1. The van der Waals surface area contributed by atoms with E-state index in [4.69, 9.17) is 4.74 Å². The molecule has 0 unspecified atom stereocenters. The molecule has 1 aliphatic rings. The molecule has 0 aromatic heterocycles. The molecular weight excluding hydrogens is 270 g/mol.